The molecule has 1 heterocycles. The zero-order valence-corrected chi connectivity index (χ0v) is 17.7. The van der Waals surface area contributed by atoms with Gasteiger partial charge in [0, 0.05) is 28.0 Å². The highest BCUT2D eigenvalue weighted by atomic mass is 35.5. The van der Waals surface area contributed by atoms with Crippen LogP contribution in [-0.4, -0.2) is 11.9 Å². The lowest BCUT2D eigenvalue weighted by molar-refractivity contribution is 0.0974. The summed E-state index contributed by atoms with van der Waals surface area (Å²) in [6.45, 7) is 6.26. The maximum atomic E-state index is 13.4. The molecule has 1 amide bonds. The van der Waals surface area contributed by atoms with Crippen LogP contribution in [0.1, 0.15) is 46.4 Å². The molecule has 2 atom stereocenters. The van der Waals surface area contributed by atoms with Crippen molar-refractivity contribution >= 4 is 28.9 Å². The van der Waals surface area contributed by atoms with E-state index in [4.69, 9.17) is 11.6 Å². The number of carbonyl (C=O) groups is 1. The maximum absolute atomic E-state index is 13.4. The topological polar surface area (TPSA) is 32.3 Å². The van der Waals surface area contributed by atoms with Gasteiger partial charge in [-0.05, 0) is 80.8 Å². The third-order valence-electron chi connectivity index (χ3n) is 5.54. The van der Waals surface area contributed by atoms with E-state index in [9.17, 15) is 4.79 Å². The molecule has 0 aliphatic carbocycles. The molecule has 1 N–H and O–H groups in total. The van der Waals surface area contributed by atoms with Gasteiger partial charge in [-0.1, -0.05) is 41.4 Å². The lowest BCUT2D eigenvalue weighted by Gasteiger charge is -2.40. The lowest BCUT2D eigenvalue weighted by atomic mass is 9.90. The Morgan fingerprint density at radius 3 is 2.31 bits per heavy atom. The fourth-order valence-electron chi connectivity index (χ4n) is 4.00. The van der Waals surface area contributed by atoms with Crippen molar-refractivity contribution in [2.45, 2.75) is 39.3 Å². The van der Waals surface area contributed by atoms with E-state index in [2.05, 4.69) is 68.6 Å². The van der Waals surface area contributed by atoms with Gasteiger partial charge < -0.3 is 10.2 Å². The Balaban J connectivity index is 1.70. The molecule has 3 aromatic rings. The molecule has 0 bridgehead atoms. The van der Waals surface area contributed by atoms with E-state index < -0.39 is 0 Å². The molecular weight excluding hydrogens is 380 g/mol. The quantitative estimate of drug-likeness (QED) is 0.536. The molecule has 29 heavy (non-hydrogen) atoms. The van der Waals surface area contributed by atoms with Gasteiger partial charge in [0.1, 0.15) is 0 Å². The molecule has 4 heteroatoms. The zero-order chi connectivity index (χ0) is 20.5. The van der Waals surface area contributed by atoms with E-state index in [1.165, 1.54) is 5.56 Å². The minimum atomic E-state index is 0.00908. The van der Waals surface area contributed by atoms with Crippen LogP contribution in [0, 0.1) is 13.8 Å². The number of nitrogens with zero attached hydrogens (tertiary/aromatic N) is 1. The van der Waals surface area contributed by atoms with Gasteiger partial charge in [-0.3, -0.25) is 4.79 Å². The van der Waals surface area contributed by atoms with E-state index in [-0.39, 0.29) is 18.0 Å². The summed E-state index contributed by atoms with van der Waals surface area (Å²) >= 11 is 6.01. The first-order chi connectivity index (χ1) is 13.9. The van der Waals surface area contributed by atoms with Crippen LogP contribution in [-0.2, 0) is 0 Å². The Labute approximate surface area is 177 Å². The number of halogens is 1. The summed E-state index contributed by atoms with van der Waals surface area (Å²) in [7, 11) is 0. The SMILES string of the molecule is Cc1ccc(N[C@@H]2C[C@H](C)N(C(=O)c3ccc(Cl)cc3)c3cc(C)ccc32)cc1. The van der Waals surface area contributed by atoms with Crippen molar-refractivity contribution < 1.29 is 4.79 Å². The fourth-order valence-corrected chi connectivity index (χ4v) is 4.12. The number of carbonyl (C=O) groups excluding carboxylic acids is 1. The number of rotatable bonds is 3. The van der Waals surface area contributed by atoms with Gasteiger partial charge >= 0.3 is 0 Å². The first kappa shape index (κ1) is 19.5. The average Bonchev–Trinajstić information content (AvgIpc) is 2.70. The van der Waals surface area contributed by atoms with Gasteiger partial charge in [0.25, 0.3) is 5.91 Å². The van der Waals surface area contributed by atoms with Gasteiger partial charge in [-0.2, -0.15) is 0 Å². The van der Waals surface area contributed by atoms with Crippen molar-refractivity contribution in [3.8, 4) is 0 Å². The lowest BCUT2D eigenvalue weighted by Crippen LogP contribution is -2.44. The summed E-state index contributed by atoms with van der Waals surface area (Å²) in [5.41, 5.74) is 6.25. The molecule has 0 radical (unpaired) electrons. The molecule has 4 rings (SSSR count). The maximum Gasteiger partial charge on any atom is 0.258 e. The van der Waals surface area contributed by atoms with Crippen molar-refractivity contribution in [3.05, 3.63) is 94.0 Å². The first-order valence-electron chi connectivity index (χ1n) is 9.95. The highest BCUT2D eigenvalue weighted by molar-refractivity contribution is 6.30. The Morgan fingerprint density at radius 2 is 1.62 bits per heavy atom. The highest BCUT2D eigenvalue weighted by Crippen LogP contribution is 2.40. The normalized spacial score (nSPS) is 18.3. The first-order valence-corrected chi connectivity index (χ1v) is 10.3. The molecule has 0 spiro atoms. The average molecular weight is 405 g/mol. The fraction of sp³-hybridized carbons (Fsp3) is 0.240. The Hall–Kier alpha value is -2.78. The number of hydrogen-bond acceptors (Lipinski definition) is 2. The molecule has 0 unspecified atom stereocenters. The second-order valence-electron chi connectivity index (χ2n) is 7.89. The number of nitrogens with one attached hydrogen (secondary N) is 1. The highest BCUT2D eigenvalue weighted by Gasteiger charge is 2.34. The second-order valence-corrected chi connectivity index (χ2v) is 8.33. The predicted molar refractivity (Wildman–Crippen MR) is 121 cm³/mol. The molecule has 0 aromatic heterocycles. The summed E-state index contributed by atoms with van der Waals surface area (Å²) in [5.74, 6) is 0.00908. The summed E-state index contributed by atoms with van der Waals surface area (Å²) < 4.78 is 0. The van der Waals surface area contributed by atoms with Crippen molar-refractivity contribution in [3.63, 3.8) is 0 Å². The predicted octanol–water partition coefficient (Wildman–Crippen LogP) is 6.55. The minimum absolute atomic E-state index is 0.00908. The molecule has 1 aliphatic heterocycles. The summed E-state index contributed by atoms with van der Waals surface area (Å²) in [5, 5.41) is 4.30. The smallest absolute Gasteiger partial charge is 0.258 e. The van der Waals surface area contributed by atoms with Crippen molar-refractivity contribution in [1.82, 2.24) is 0 Å². The number of fused-ring (bicyclic) bond motifs is 1. The van der Waals surface area contributed by atoms with Crippen LogP contribution in [0.3, 0.4) is 0 Å². The molecule has 148 valence electrons. The van der Waals surface area contributed by atoms with Crippen molar-refractivity contribution in [1.29, 1.82) is 0 Å². The van der Waals surface area contributed by atoms with E-state index in [0.717, 1.165) is 28.9 Å². The van der Waals surface area contributed by atoms with E-state index in [1.807, 2.05) is 4.90 Å². The van der Waals surface area contributed by atoms with Crippen molar-refractivity contribution in [2.75, 3.05) is 10.2 Å². The van der Waals surface area contributed by atoms with Gasteiger partial charge in [0.15, 0.2) is 0 Å². The van der Waals surface area contributed by atoms with Gasteiger partial charge in [0.2, 0.25) is 0 Å². The Kier molecular flexibility index (Phi) is 5.33. The second kappa shape index (κ2) is 7.92. The zero-order valence-electron chi connectivity index (χ0n) is 16.9. The monoisotopic (exact) mass is 404 g/mol. The summed E-state index contributed by atoms with van der Waals surface area (Å²) in [6.07, 6.45) is 0.837. The van der Waals surface area contributed by atoms with Crippen LogP contribution in [0.2, 0.25) is 5.02 Å². The molecular formula is C25H25ClN2O. The summed E-state index contributed by atoms with van der Waals surface area (Å²) in [6, 6.07) is 22.2. The van der Waals surface area contributed by atoms with Crippen LogP contribution >= 0.6 is 11.6 Å². The number of aryl methyl sites for hydroxylation is 2. The van der Waals surface area contributed by atoms with Crippen LogP contribution in [0.15, 0.2) is 66.7 Å². The number of anilines is 2. The standard InChI is InChI=1S/C25H25ClN2O/c1-16-4-11-21(12-5-16)27-23-15-18(3)28(24-14-17(2)6-13-22(23)24)25(29)19-7-9-20(26)10-8-19/h4-14,18,23,27H,15H2,1-3H3/t18-,23+/m0/s1. The molecule has 1 aliphatic rings. The van der Waals surface area contributed by atoms with E-state index in [1.54, 1.807) is 24.3 Å². The van der Waals surface area contributed by atoms with Gasteiger partial charge in [-0.15, -0.1) is 0 Å². The molecule has 0 fully saturated rings. The van der Waals surface area contributed by atoms with E-state index in [0.29, 0.717) is 10.6 Å². The summed E-state index contributed by atoms with van der Waals surface area (Å²) in [4.78, 5) is 15.3. The number of hydrogen-bond donors (Lipinski definition) is 1. The minimum Gasteiger partial charge on any atom is -0.378 e. The molecule has 3 nitrogen and oxygen atoms in total. The number of amides is 1. The Bertz CT molecular complexity index is 1030. The van der Waals surface area contributed by atoms with Crippen LogP contribution in [0.4, 0.5) is 11.4 Å². The molecule has 0 saturated heterocycles. The van der Waals surface area contributed by atoms with Crippen LogP contribution in [0.25, 0.3) is 0 Å². The third-order valence-corrected chi connectivity index (χ3v) is 5.79. The molecule has 0 saturated carbocycles. The largest absolute Gasteiger partial charge is 0.378 e. The number of benzene rings is 3. The van der Waals surface area contributed by atoms with Gasteiger partial charge in [-0.25, -0.2) is 0 Å². The van der Waals surface area contributed by atoms with Crippen LogP contribution < -0.4 is 10.2 Å². The molecule has 3 aromatic carbocycles. The van der Waals surface area contributed by atoms with Crippen LogP contribution in [0.5, 0.6) is 0 Å². The van der Waals surface area contributed by atoms with Gasteiger partial charge in [0.05, 0.1) is 6.04 Å². The van der Waals surface area contributed by atoms with E-state index >= 15 is 0 Å². The Morgan fingerprint density at radius 1 is 0.966 bits per heavy atom. The third kappa shape index (κ3) is 4.01. The van der Waals surface area contributed by atoms with Crippen molar-refractivity contribution in [2.24, 2.45) is 0 Å².